The fraction of sp³-hybridized carbons (Fsp3) is 0.286. The van der Waals surface area contributed by atoms with Crippen molar-refractivity contribution in [2.24, 2.45) is 0 Å². The highest BCUT2D eigenvalue weighted by atomic mass is 35.5. The number of fused-ring (bicyclic) bond motifs is 2. The van der Waals surface area contributed by atoms with Gasteiger partial charge in [-0.15, -0.1) is 6.42 Å². The number of hydrogen-bond donors (Lipinski definition) is 0. The predicted octanol–water partition coefficient (Wildman–Crippen LogP) is 1.89. The van der Waals surface area contributed by atoms with E-state index in [1.807, 2.05) is 4.90 Å². The van der Waals surface area contributed by atoms with Crippen molar-refractivity contribution < 1.29 is 0 Å². The number of benzene rings is 1. The zero-order valence-corrected chi connectivity index (χ0v) is 11.0. The molecule has 1 aromatic heterocycles. The highest BCUT2D eigenvalue weighted by Gasteiger charge is 2.20. The number of aromatic nitrogens is 2. The predicted molar refractivity (Wildman–Crippen MR) is 76.7 cm³/mol. The molecule has 0 aliphatic carbocycles. The number of halogens is 1. The van der Waals surface area contributed by atoms with Crippen LogP contribution in [0.15, 0.2) is 23.0 Å². The van der Waals surface area contributed by atoms with Crippen LogP contribution >= 0.6 is 11.6 Å². The molecule has 0 saturated heterocycles. The molecule has 1 aliphatic heterocycles. The van der Waals surface area contributed by atoms with Gasteiger partial charge in [0.05, 0.1) is 17.4 Å². The molecule has 19 heavy (non-hydrogen) atoms. The van der Waals surface area contributed by atoms with Crippen LogP contribution in [0.5, 0.6) is 0 Å². The minimum atomic E-state index is -0.0516. The second-order valence-corrected chi connectivity index (χ2v) is 4.95. The quantitative estimate of drug-likeness (QED) is 0.745. The monoisotopic (exact) mass is 273 g/mol. The Kier molecular flexibility index (Phi) is 2.92. The van der Waals surface area contributed by atoms with E-state index in [9.17, 15) is 4.79 Å². The lowest BCUT2D eigenvalue weighted by molar-refractivity contribution is 0.550. The molecule has 1 aliphatic rings. The van der Waals surface area contributed by atoms with Gasteiger partial charge >= 0.3 is 0 Å². The molecule has 2 heterocycles. The van der Waals surface area contributed by atoms with Gasteiger partial charge in [-0.25, -0.2) is 4.98 Å². The number of rotatable bonds is 1. The molecule has 0 radical (unpaired) electrons. The van der Waals surface area contributed by atoms with E-state index in [-0.39, 0.29) is 5.56 Å². The van der Waals surface area contributed by atoms with Crippen molar-refractivity contribution in [3.05, 3.63) is 33.6 Å². The van der Waals surface area contributed by atoms with Gasteiger partial charge in [0.15, 0.2) is 0 Å². The third-order valence-electron chi connectivity index (χ3n) is 3.27. The summed E-state index contributed by atoms with van der Waals surface area (Å²) >= 11 is 5.94. The second-order valence-electron chi connectivity index (χ2n) is 4.51. The van der Waals surface area contributed by atoms with Gasteiger partial charge < -0.3 is 4.90 Å². The third-order valence-corrected chi connectivity index (χ3v) is 3.51. The van der Waals surface area contributed by atoms with Crippen LogP contribution in [0.2, 0.25) is 5.02 Å². The van der Waals surface area contributed by atoms with Gasteiger partial charge in [0.2, 0.25) is 5.95 Å². The minimum Gasteiger partial charge on any atom is -0.331 e. The van der Waals surface area contributed by atoms with E-state index in [0.29, 0.717) is 35.0 Å². The second kappa shape index (κ2) is 4.60. The van der Waals surface area contributed by atoms with Crippen molar-refractivity contribution in [2.45, 2.75) is 13.0 Å². The van der Waals surface area contributed by atoms with Crippen molar-refractivity contribution in [1.29, 1.82) is 0 Å². The van der Waals surface area contributed by atoms with Crippen molar-refractivity contribution >= 4 is 28.5 Å². The fourth-order valence-electron chi connectivity index (χ4n) is 2.40. The number of hydrogen-bond acceptors (Lipinski definition) is 3. The topological polar surface area (TPSA) is 38.1 Å². The summed E-state index contributed by atoms with van der Waals surface area (Å²) in [5.41, 5.74) is 0.605. The molecule has 0 amide bonds. The van der Waals surface area contributed by atoms with E-state index in [1.165, 1.54) is 0 Å². The van der Waals surface area contributed by atoms with Crippen LogP contribution < -0.4 is 10.5 Å². The maximum atomic E-state index is 12.5. The van der Waals surface area contributed by atoms with E-state index in [2.05, 4.69) is 10.9 Å². The molecule has 2 aromatic rings. The van der Waals surface area contributed by atoms with Gasteiger partial charge in [0.1, 0.15) is 0 Å². The normalized spacial score (nSPS) is 14.2. The Balaban J connectivity index is 2.28. The van der Waals surface area contributed by atoms with E-state index in [0.717, 1.165) is 13.0 Å². The van der Waals surface area contributed by atoms with Crippen LogP contribution in [0.4, 0.5) is 5.95 Å². The highest BCUT2D eigenvalue weighted by molar-refractivity contribution is 6.31. The maximum absolute atomic E-state index is 12.5. The number of nitrogens with zero attached hydrogens (tertiary/aromatic N) is 3. The van der Waals surface area contributed by atoms with Crippen molar-refractivity contribution in [1.82, 2.24) is 9.55 Å². The van der Waals surface area contributed by atoms with Crippen LogP contribution in [0.25, 0.3) is 10.9 Å². The minimum absolute atomic E-state index is 0.0516. The highest BCUT2D eigenvalue weighted by Crippen LogP contribution is 2.21. The summed E-state index contributed by atoms with van der Waals surface area (Å²) in [6.07, 6.45) is 6.25. The van der Waals surface area contributed by atoms with Crippen molar-refractivity contribution in [3.8, 4) is 12.3 Å². The number of terminal acetylenes is 1. The lowest BCUT2D eigenvalue weighted by Gasteiger charge is -2.29. The molecular weight excluding hydrogens is 262 g/mol. The smallest absolute Gasteiger partial charge is 0.262 e. The summed E-state index contributed by atoms with van der Waals surface area (Å²) in [4.78, 5) is 19.0. The van der Waals surface area contributed by atoms with Crippen LogP contribution in [0, 0.1) is 12.3 Å². The summed E-state index contributed by atoms with van der Waals surface area (Å²) in [6, 6.07) is 5.17. The fourth-order valence-corrected chi connectivity index (χ4v) is 2.58. The Morgan fingerprint density at radius 2 is 2.26 bits per heavy atom. The maximum Gasteiger partial charge on any atom is 0.262 e. The first-order chi connectivity index (χ1) is 9.20. The van der Waals surface area contributed by atoms with E-state index in [4.69, 9.17) is 18.0 Å². The Bertz CT molecular complexity index is 745. The van der Waals surface area contributed by atoms with Gasteiger partial charge in [0.25, 0.3) is 5.56 Å². The van der Waals surface area contributed by atoms with Gasteiger partial charge in [-0.05, 0) is 24.6 Å². The Morgan fingerprint density at radius 3 is 3.05 bits per heavy atom. The van der Waals surface area contributed by atoms with E-state index in [1.54, 1.807) is 22.8 Å². The lowest BCUT2D eigenvalue weighted by Crippen LogP contribution is -2.38. The standard InChI is InChI=1S/C14H12ClN3O/c1-2-6-17-7-3-8-18-13(19)11-9-10(15)4-5-12(11)16-14(17)18/h1,4-5,9H,3,6-8H2. The molecule has 0 unspecified atom stereocenters. The SMILES string of the molecule is C#CCN1CCCn2c1nc1ccc(Cl)cc1c2=O. The number of anilines is 1. The van der Waals surface area contributed by atoms with Crippen molar-refractivity contribution in [3.63, 3.8) is 0 Å². The first-order valence-electron chi connectivity index (χ1n) is 6.09. The van der Waals surface area contributed by atoms with Crippen LogP contribution in [-0.4, -0.2) is 22.6 Å². The van der Waals surface area contributed by atoms with E-state index < -0.39 is 0 Å². The molecular formula is C14H12ClN3O. The molecule has 5 heteroatoms. The molecule has 0 atom stereocenters. The molecule has 0 N–H and O–H groups in total. The Labute approximate surface area is 115 Å². The summed E-state index contributed by atoms with van der Waals surface area (Å²) < 4.78 is 1.68. The Morgan fingerprint density at radius 1 is 1.42 bits per heavy atom. The molecule has 96 valence electrons. The first kappa shape index (κ1) is 12.1. The average Bonchev–Trinajstić information content (AvgIpc) is 2.41. The zero-order valence-electron chi connectivity index (χ0n) is 10.3. The largest absolute Gasteiger partial charge is 0.331 e. The lowest BCUT2D eigenvalue weighted by atomic mass is 10.2. The van der Waals surface area contributed by atoms with Gasteiger partial charge in [-0.2, -0.15) is 0 Å². The van der Waals surface area contributed by atoms with Crippen molar-refractivity contribution in [2.75, 3.05) is 18.0 Å². The van der Waals surface area contributed by atoms with Crippen LogP contribution in [-0.2, 0) is 6.54 Å². The summed E-state index contributed by atoms with van der Waals surface area (Å²) in [6.45, 7) is 1.96. The van der Waals surface area contributed by atoms with E-state index >= 15 is 0 Å². The molecule has 3 rings (SSSR count). The summed E-state index contributed by atoms with van der Waals surface area (Å²) in [7, 11) is 0. The summed E-state index contributed by atoms with van der Waals surface area (Å²) in [5.74, 6) is 3.26. The van der Waals surface area contributed by atoms with Gasteiger partial charge in [0, 0.05) is 18.1 Å². The molecule has 4 nitrogen and oxygen atoms in total. The molecule has 0 spiro atoms. The van der Waals surface area contributed by atoms with Gasteiger partial charge in [-0.3, -0.25) is 9.36 Å². The molecule has 0 bridgehead atoms. The molecule has 1 aromatic carbocycles. The average molecular weight is 274 g/mol. The third kappa shape index (κ3) is 1.96. The Hall–Kier alpha value is -1.99. The zero-order chi connectivity index (χ0) is 13.4. The first-order valence-corrected chi connectivity index (χ1v) is 6.47. The van der Waals surface area contributed by atoms with Crippen LogP contribution in [0.1, 0.15) is 6.42 Å². The molecule has 0 saturated carbocycles. The van der Waals surface area contributed by atoms with Crippen LogP contribution in [0.3, 0.4) is 0 Å². The van der Waals surface area contributed by atoms with Gasteiger partial charge in [-0.1, -0.05) is 17.5 Å². The summed E-state index contributed by atoms with van der Waals surface area (Å²) in [5, 5.41) is 1.10. The molecule has 0 fully saturated rings.